The number of carbonyl (C=O) groups excluding carboxylic acids is 1. The highest BCUT2D eigenvalue weighted by Crippen LogP contribution is 2.32. The van der Waals surface area contributed by atoms with E-state index >= 15 is 0 Å². The Hall–Kier alpha value is -3.77. The van der Waals surface area contributed by atoms with Crippen LogP contribution in [0.15, 0.2) is 42.9 Å². The predicted octanol–water partition coefficient (Wildman–Crippen LogP) is 3.11. The largest absolute Gasteiger partial charge is 0.420 e. The van der Waals surface area contributed by atoms with Crippen molar-refractivity contribution in [2.45, 2.75) is 6.18 Å². The fourth-order valence-electron chi connectivity index (χ4n) is 2.08. The van der Waals surface area contributed by atoms with E-state index in [1.807, 2.05) is 5.43 Å². The standard InChI is InChI=1S/C15H10F5N7O/c16-8-6-10(17)12(22-7-8)24-25-14(28)23-11-3-5-27(26-11)13-9(15(18,19)20)2-1-4-21-13/h1-7H,(H,22,24)(H2,23,25,26,28). The Morgan fingerprint density at radius 3 is 2.64 bits per heavy atom. The molecule has 3 aromatic rings. The molecule has 3 aromatic heterocycles. The first kappa shape index (κ1) is 19.0. The maximum absolute atomic E-state index is 13.4. The van der Waals surface area contributed by atoms with Crippen LogP contribution in [-0.2, 0) is 6.18 Å². The molecule has 3 heterocycles. The molecule has 2 amide bonds. The molecule has 0 atom stereocenters. The number of hydrogen-bond acceptors (Lipinski definition) is 5. The topological polar surface area (TPSA) is 96.8 Å². The van der Waals surface area contributed by atoms with Crippen LogP contribution in [0.5, 0.6) is 0 Å². The number of nitrogens with one attached hydrogen (secondary N) is 3. The van der Waals surface area contributed by atoms with Crippen molar-refractivity contribution in [2.75, 3.05) is 10.7 Å². The van der Waals surface area contributed by atoms with Crippen molar-refractivity contribution in [1.82, 2.24) is 25.2 Å². The molecule has 0 unspecified atom stereocenters. The van der Waals surface area contributed by atoms with Gasteiger partial charge >= 0.3 is 12.2 Å². The van der Waals surface area contributed by atoms with Gasteiger partial charge in [-0.05, 0) is 12.1 Å². The molecule has 0 fully saturated rings. The number of urea groups is 1. The van der Waals surface area contributed by atoms with E-state index in [1.54, 1.807) is 0 Å². The summed E-state index contributed by atoms with van der Waals surface area (Å²) in [4.78, 5) is 18.8. The number of hydrazine groups is 1. The fraction of sp³-hybridized carbons (Fsp3) is 0.0667. The van der Waals surface area contributed by atoms with Crippen LogP contribution in [0.4, 0.5) is 38.4 Å². The first-order valence-electron chi connectivity index (χ1n) is 7.46. The number of hydrogen-bond donors (Lipinski definition) is 3. The molecular weight excluding hydrogens is 389 g/mol. The van der Waals surface area contributed by atoms with Gasteiger partial charge in [0, 0.05) is 24.5 Å². The van der Waals surface area contributed by atoms with Gasteiger partial charge in [0.05, 0.1) is 6.20 Å². The maximum Gasteiger partial charge on any atom is 0.420 e. The number of halogens is 5. The molecule has 0 radical (unpaired) electrons. The Morgan fingerprint density at radius 1 is 1.14 bits per heavy atom. The average molecular weight is 399 g/mol. The molecule has 0 aliphatic carbocycles. The first-order chi connectivity index (χ1) is 13.2. The van der Waals surface area contributed by atoms with Crippen LogP contribution >= 0.6 is 0 Å². The number of amides is 2. The SMILES string of the molecule is O=C(NNc1ncc(F)cc1F)Nc1ccn(-c2ncccc2C(F)(F)F)n1. The lowest BCUT2D eigenvalue weighted by atomic mass is 10.2. The second-order valence-electron chi connectivity index (χ2n) is 5.21. The lowest BCUT2D eigenvalue weighted by molar-refractivity contribution is -0.137. The molecule has 3 rings (SSSR count). The smallest absolute Gasteiger partial charge is 0.289 e. The van der Waals surface area contributed by atoms with Crippen molar-refractivity contribution in [3.8, 4) is 5.82 Å². The summed E-state index contributed by atoms with van der Waals surface area (Å²) in [6.07, 6.45) is -1.57. The predicted molar refractivity (Wildman–Crippen MR) is 86.3 cm³/mol. The van der Waals surface area contributed by atoms with Crippen molar-refractivity contribution >= 4 is 17.7 Å². The lowest BCUT2D eigenvalue weighted by Crippen LogP contribution is -2.34. The second kappa shape index (κ2) is 7.46. The quantitative estimate of drug-likeness (QED) is 0.463. The van der Waals surface area contributed by atoms with Crippen LogP contribution in [0, 0.1) is 11.6 Å². The number of pyridine rings is 2. The summed E-state index contributed by atoms with van der Waals surface area (Å²) in [7, 11) is 0. The Bertz CT molecular complexity index is 1000. The van der Waals surface area contributed by atoms with Gasteiger partial charge in [-0.3, -0.25) is 10.7 Å². The molecule has 28 heavy (non-hydrogen) atoms. The van der Waals surface area contributed by atoms with E-state index in [4.69, 9.17) is 0 Å². The Morgan fingerprint density at radius 2 is 1.93 bits per heavy atom. The maximum atomic E-state index is 13.4. The normalized spacial score (nSPS) is 11.2. The van der Waals surface area contributed by atoms with Gasteiger partial charge in [0.2, 0.25) is 0 Å². The minimum absolute atomic E-state index is 0.106. The number of rotatable bonds is 4. The number of aromatic nitrogens is 4. The summed E-state index contributed by atoms with van der Waals surface area (Å²) < 4.78 is 66.1. The third-order valence-corrected chi connectivity index (χ3v) is 3.24. The Labute approximate surface area is 153 Å². The van der Waals surface area contributed by atoms with E-state index < -0.39 is 41.0 Å². The zero-order valence-electron chi connectivity index (χ0n) is 13.6. The highest BCUT2D eigenvalue weighted by Gasteiger charge is 2.34. The van der Waals surface area contributed by atoms with Gasteiger partial charge in [-0.1, -0.05) is 0 Å². The Kier molecular flexibility index (Phi) is 5.06. The number of carbonyl (C=O) groups is 1. The van der Waals surface area contributed by atoms with Crippen molar-refractivity contribution in [2.24, 2.45) is 0 Å². The van der Waals surface area contributed by atoms with E-state index in [2.05, 4.69) is 25.8 Å². The molecule has 0 aliphatic rings. The van der Waals surface area contributed by atoms with Crippen LogP contribution in [0.1, 0.15) is 5.56 Å². The molecule has 0 spiro atoms. The fourth-order valence-corrected chi connectivity index (χ4v) is 2.08. The highest BCUT2D eigenvalue weighted by molar-refractivity contribution is 5.88. The van der Waals surface area contributed by atoms with Crippen molar-refractivity contribution in [1.29, 1.82) is 0 Å². The summed E-state index contributed by atoms with van der Waals surface area (Å²) in [5.74, 6) is -2.96. The molecule has 3 N–H and O–H groups in total. The molecule has 0 aromatic carbocycles. The number of nitrogens with zero attached hydrogens (tertiary/aromatic N) is 4. The second-order valence-corrected chi connectivity index (χ2v) is 5.21. The molecule has 8 nitrogen and oxygen atoms in total. The van der Waals surface area contributed by atoms with E-state index in [1.165, 1.54) is 18.5 Å². The molecular formula is C15H10F5N7O. The zero-order chi connectivity index (χ0) is 20.3. The van der Waals surface area contributed by atoms with Gasteiger partial charge < -0.3 is 0 Å². The summed E-state index contributed by atoms with van der Waals surface area (Å²) in [6, 6.07) is 2.84. The van der Waals surface area contributed by atoms with Crippen molar-refractivity contribution < 1.29 is 26.7 Å². The van der Waals surface area contributed by atoms with Crippen molar-refractivity contribution in [3.05, 3.63) is 60.1 Å². The molecule has 0 aliphatic heterocycles. The van der Waals surface area contributed by atoms with Gasteiger partial charge in [-0.25, -0.2) is 33.7 Å². The van der Waals surface area contributed by atoms with E-state index in [-0.39, 0.29) is 5.82 Å². The van der Waals surface area contributed by atoms with Crippen LogP contribution in [0.25, 0.3) is 5.82 Å². The van der Waals surface area contributed by atoms with Crippen LogP contribution in [0.2, 0.25) is 0 Å². The molecule has 146 valence electrons. The lowest BCUT2D eigenvalue weighted by Gasteiger charge is -2.11. The van der Waals surface area contributed by atoms with Crippen LogP contribution in [-0.4, -0.2) is 25.8 Å². The Balaban J connectivity index is 1.67. The zero-order valence-corrected chi connectivity index (χ0v) is 13.6. The molecule has 0 saturated heterocycles. The van der Waals surface area contributed by atoms with Gasteiger partial charge in [0.15, 0.2) is 23.3 Å². The summed E-state index contributed by atoms with van der Waals surface area (Å²) >= 11 is 0. The minimum Gasteiger partial charge on any atom is -0.289 e. The summed E-state index contributed by atoms with van der Waals surface area (Å²) in [5, 5.41) is 6.01. The van der Waals surface area contributed by atoms with E-state index in [0.717, 1.165) is 23.0 Å². The number of anilines is 2. The molecule has 13 heteroatoms. The van der Waals surface area contributed by atoms with E-state index in [0.29, 0.717) is 6.07 Å². The highest BCUT2D eigenvalue weighted by atomic mass is 19.4. The van der Waals surface area contributed by atoms with Crippen LogP contribution in [0.3, 0.4) is 0 Å². The van der Waals surface area contributed by atoms with E-state index in [9.17, 15) is 26.7 Å². The van der Waals surface area contributed by atoms with Gasteiger partial charge in [-0.15, -0.1) is 5.10 Å². The third-order valence-electron chi connectivity index (χ3n) is 3.24. The average Bonchev–Trinajstić information content (AvgIpc) is 3.08. The van der Waals surface area contributed by atoms with Crippen molar-refractivity contribution in [3.63, 3.8) is 0 Å². The summed E-state index contributed by atoms with van der Waals surface area (Å²) in [5.41, 5.74) is 3.13. The molecule has 0 saturated carbocycles. The summed E-state index contributed by atoms with van der Waals surface area (Å²) in [6.45, 7) is 0. The minimum atomic E-state index is -4.64. The number of alkyl halides is 3. The van der Waals surface area contributed by atoms with Gasteiger partial charge in [0.25, 0.3) is 0 Å². The van der Waals surface area contributed by atoms with Gasteiger partial charge in [-0.2, -0.15) is 13.2 Å². The van der Waals surface area contributed by atoms with Gasteiger partial charge in [0.1, 0.15) is 11.4 Å². The first-order valence-corrected chi connectivity index (χ1v) is 7.46. The molecule has 0 bridgehead atoms. The third kappa shape index (κ3) is 4.31. The monoisotopic (exact) mass is 399 g/mol. The van der Waals surface area contributed by atoms with Crippen LogP contribution < -0.4 is 16.2 Å².